The van der Waals surface area contributed by atoms with Gasteiger partial charge in [-0.3, -0.25) is 19.7 Å². The van der Waals surface area contributed by atoms with Crippen LogP contribution in [0.2, 0.25) is 5.02 Å². The lowest BCUT2D eigenvalue weighted by atomic mass is 10.0. The van der Waals surface area contributed by atoms with Gasteiger partial charge >= 0.3 is 0 Å². The SMILES string of the molecule is O=C1Nc2c(cccc2[N+](=O)[O-])C(=O)N(Cc2ccccc2Sc2ccc(Cl)cc2)[C@@H]1Cc1ccccc1. The first kappa shape index (κ1) is 25.5. The molecule has 1 atom stereocenters. The minimum absolute atomic E-state index is 0.0723. The molecule has 1 N–H and O–H groups in total. The third kappa shape index (κ3) is 5.41. The molecule has 0 fully saturated rings. The number of nitro benzene ring substituents is 1. The van der Waals surface area contributed by atoms with E-state index in [0.29, 0.717) is 5.02 Å². The van der Waals surface area contributed by atoms with Crippen molar-refractivity contribution in [3.63, 3.8) is 0 Å². The fourth-order valence-corrected chi connectivity index (χ4v) is 5.48. The van der Waals surface area contributed by atoms with Crippen molar-refractivity contribution in [3.05, 3.63) is 129 Å². The van der Waals surface area contributed by atoms with E-state index in [9.17, 15) is 19.7 Å². The molecule has 7 nitrogen and oxygen atoms in total. The van der Waals surface area contributed by atoms with E-state index < -0.39 is 22.8 Å². The molecule has 9 heteroatoms. The average molecular weight is 544 g/mol. The van der Waals surface area contributed by atoms with Crippen molar-refractivity contribution in [1.29, 1.82) is 0 Å². The smallest absolute Gasteiger partial charge is 0.293 e. The molecule has 5 rings (SSSR count). The molecule has 4 aromatic rings. The highest BCUT2D eigenvalue weighted by Crippen LogP contribution is 2.36. The number of fused-ring (bicyclic) bond motifs is 1. The summed E-state index contributed by atoms with van der Waals surface area (Å²) in [5, 5.41) is 15.0. The number of hydrogen-bond acceptors (Lipinski definition) is 5. The zero-order chi connectivity index (χ0) is 26.6. The largest absolute Gasteiger partial charge is 0.322 e. The Hall–Kier alpha value is -4.14. The number of carbonyl (C=O) groups is 2. The summed E-state index contributed by atoms with van der Waals surface area (Å²) in [6.07, 6.45) is 0.257. The van der Waals surface area contributed by atoms with Gasteiger partial charge in [0.15, 0.2) is 0 Å². The van der Waals surface area contributed by atoms with Gasteiger partial charge in [0.2, 0.25) is 5.91 Å². The van der Waals surface area contributed by atoms with E-state index >= 15 is 0 Å². The molecule has 2 amide bonds. The lowest BCUT2D eigenvalue weighted by Crippen LogP contribution is -2.46. The molecule has 0 spiro atoms. The third-order valence-corrected chi connectivity index (χ3v) is 7.66. The summed E-state index contributed by atoms with van der Waals surface area (Å²) in [4.78, 5) is 42.0. The Morgan fingerprint density at radius 2 is 1.61 bits per heavy atom. The molecule has 190 valence electrons. The lowest BCUT2D eigenvalue weighted by Gasteiger charge is -2.29. The van der Waals surface area contributed by atoms with Gasteiger partial charge in [-0.15, -0.1) is 0 Å². The molecule has 0 aliphatic carbocycles. The topological polar surface area (TPSA) is 92.5 Å². The molecule has 0 bridgehead atoms. The first-order valence-electron chi connectivity index (χ1n) is 11.8. The maximum absolute atomic E-state index is 14.0. The average Bonchev–Trinajstić information content (AvgIpc) is 3.01. The van der Waals surface area contributed by atoms with Crippen LogP contribution in [0, 0.1) is 10.1 Å². The minimum atomic E-state index is -0.884. The standard InChI is InChI=1S/C29H22ClN3O4S/c30-21-13-15-22(16-14-21)38-26-12-5-4-9-20(26)18-32-25(17-19-7-2-1-3-8-19)28(34)31-27-23(29(32)35)10-6-11-24(27)33(36)37/h1-16,25H,17-18H2,(H,31,34)/t25-/m1/s1. The van der Waals surface area contributed by atoms with Crippen LogP contribution >= 0.6 is 23.4 Å². The number of nitrogens with zero attached hydrogens (tertiary/aromatic N) is 2. The van der Waals surface area contributed by atoms with Gasteiger partial charge in [-0.2, -0.15) is 0 Å². The van der Waals surface area contributed by atoms with Crippen LogP contribution in [0.1, 0.15) is 21.5 Å². The van der Waals surface area contributed by atoms with Gasteiger partial charge in [-0.25, -0.2) is 0 Å². The molecular formula is C29H22ClN3O4S. The highest BCUT2D eigenvalue weighted by Gasteiger charge is 2.38. The molecule has 1 aliphatic heterocycles. The number of benzene rings is 4. The zero-order valence-electron chi connectivity index (χ0n) is 20.0. The number of para-hydroxylation sites is 1. The molecule has 0 saturated heterocycles. The molecule has 1 heterocycles. The second-order valence-corrected chi connectivity index (χ2v) is 10.3. The summed E-state index contributed by atoms with van der Waals surface area (Å²) in [5.41, 5.74) is 1.42. The molecule has 4 aromatic carbocycles. The van der Waals surface area contributed by atoms with Crippen LogP contribution in [-0.2, 0) is 17.8 Å². The Morgan fingerprint density at radius 3 is 2.34 bits per heavy atom. The maximum Gasteiger partial charge on any atom is 0.293 e. The Kier molecular flexibility index (Phi) is 7.44. The van der Waals surface area contributed by atoms with Crippen LogP contribution in [0.4, 0.5) is 11.4 Å². The predicted octanol–water partition coefficient (Wildman–Crippen LogP) is 6.61. The summed E-state index contributed by atoms with van der Waals surface area (Å²) in [5.74, 6) is -0.924. The van der Waals surface area contributed by atoms with Crippen molar-refractivity contribution >= 4 is 46.6 Å². The Bertz CT molecular complexity index is 1510. The van der Waals surface area contributed by atoms with Crippen molar-refractivity contribution in [2.75, 3.05) is 5.32 Å². The second kappa shape index (κ2) is 11.1. The number of carbonyl (C=O) groups excluding carboxylic acids is 2. The summed E-state index contributed by atoms with van der Waals surface area (Å²) >= 11 is 7.57. The summed E-state index contributed by atoms with van der Waals surface area (Å²) < 4.78 is 0. The van der Waals surface area contributed by atoms with Crippen molar-refractivity contribution < 1.29 is 14.5 Å². The van der Waals surface area contributed by atoms with Gasteiger partial charge in [-0.1, -0.05) is 78.0 Å². The van der Waals surface area contributed by atoms with Crippen LogP contribution in [0.3, 0.4) is 0 Å². The molecule has 0 aromatic heterocycles. The number of rotatable bonds is 7. The first-order valence-corrected chi connectivity index (χ1v) is 13.0. The van der Waals surface area contributed by atoms with E-state index in [1.54, 1.807) is 0 Å². The highest BCUT2D eigenvalue weighted by molar-refractivity contribution is 7.99. The number of amides is 2. The van der Waals surface area contributed by atoms with E-state index in [2.05, 4.69) is 5.32 Å². The summed E-state index contributed by atoms with van der Waals surface area (Å²) in [6.45, 7) is 0.142. The van der Waals surface area contributed by atoms with E-state index in [1.165, 1.54) is 34.9 Å². The van der Waals surface area contributed by atoms with E-state index in [0.717, 1.165) is 20.9 Å². The second-order valence-electron chi connectivity index (χ2n) is 8.75. The Balaban J connectivity index is 1.56. The van der Waals surface area contributed by atoms with Gasteiger partial charge in [0.25, 0.3) is 11.6 Å². The number of nitro groups is 1. The van der Waals surface area contributed by atoms with Crippen molar-refractivity contribution in [1.82, 2.24) is 4.90 Å². The predicted molar refractivity (Wildman–Crippen MR) is 148 cm³/mol. The van der Waals surface area contributed by atoms with Gasteiger partial charge < -0.3 is 10.2 Å². The fraction of sp³-hybridized carbons (Fsp3) is 0.103. The monoisotopic (exact) mass is 543 g/mol. The molecule has 0 saturated carbocycles. The van der Waals surface area contributed by atoms with Crippen LogP contribution < -0.4 is 5.32 Å². The zero-order valence-corrected chi connectivity index (χ0v) is 21.6. The molecular weight excluding hydrogens is 522 g/mol. The fourth-order valence-electron chi connectivity index (χ4n) is 4.42. The Morgan fingerprint density at radius 1 is 0.895 bits per heavy atom. The van der Waals surface area contributed by atoms with Gasteiger partial charge in [0.1, 0.15) is 11.7 Å². The van der Waals surface area contributed by atoms with E-state index in [1.807, 2.05) is 78.9 Å². The molecule has 38 heavy (non-hydrogen) atoms. The summed E-state index contributed by atoms with van der Waals surface area (Å²) in [6, 6.07) is 27.9. The minimum Gasteiger partial charge on any atom is -0.322 e. The summed E-state index contributed by atoms with van der Waals surface area (Å²) in [7, 11) is 0. The molecule has 0 unspecified atom stereocenters. The number of hydrogen-bond donors (Lipinski definition) is 1. The van der Waals surface area contributed by atoms with E-state index in [-0.39, 0.29) is 29.9 Å². The highest BCUT2D eigenvalue weighted by atomic mass is 35.5. The number of halogens is 1. The molecule has 1 aliphatic rings. The normalized spacial score (nSPS) is 15.0. The number of anilines is 1. The number of nitrogens with one attached hydrogen (secondary N) is 1. The van der Waals surface area contributed by atoms with Crippen LogP contribution in [0.5, 0.6) is 0 Å². The van der Waals surface area contributed by atoms with Crippen LogP contribution in [-0.4, -0.2) is 27.7 Å². The van der Waals surface area contributed by atoms with E-state index in [4.69, 9.17) is 11.6 Å². The maximum atomic E-state index is 14.0. The van der Waals surface area contributed by atoms with Crippen molar-refractivity contribution in [2.45, 2.75) is 28.8 Å². The quantitative estimate of drug-likeness (QED) is 0.209. The third-order valence-electron chi connectivity index (χ3n) is 6.28. The van der Waals surface area contributed by atoms with Gasteiger partial charge in [0.05, 0.1) is 10.5 Å². The van der Waals surface area contributed by atoms with Gasteiger partial charge in [0, 0.05) is 33.8 Å². The van der Waals surface area contributed by atoms with Crippen molar-refractivity contribution in [2.24, 2.45) is 0 Å². The lowest BCUT2D eigenvalue weighted by molar-refractivity contribution is -0.383. The Labute approximate surface area is 228 Å². The van der Waals surface area contributed by atoms with Crippen LogP contribution in [0.15, 0.2) is 107 Å². The van der Waals surface area contributed by atoms with Gasteiger partial charge in [-0.05, 0) is 47.5 Å². The molecule has 0 radical (unpaired) electrons. The van der Waals surface area contributed by atoms with Crippen LogP contribution in [0.25, 0.3) is 0 Å². The van der Waals surface area contributed by atoms with Crippen molar-refractivity contribution in [3.8, 4) is 0 Å². The first-order chi connectivity index (χ1) is 18.4.